The molecule has 0 radical (unpaired) electrons. The van der Waals surface area contributed by atoms with Crippen molar-refractivity contribution in [2.45, 2.75) is 20.3 Å². The first-order valence-corrected chi connectivity index (χ1v) is 8.20. The molecule has 2 amide bonds. The van der Waals surface area contributed by atoms with Crippen molar-refractivity contribution in [1.82, 2.24) is 4.90 Å². The van der Waals surface area contributed by atoms with Gasteiger partial charge in [0.15, 0.2) is 0 Å². The summed E-state index contributed by atoms with van der Waals surface area (Å²) in [6.07, 6.45) is -0.196. The van der Waals surface area contributed by atoms with Gasteiger partial charge in [-0.25, -0.2) is 4.39 Å². The van der Waals surface area contributed by atoms with Crippen molar-refractivity contribution in [3.63, 3.8) is 0 Å². The molecule has 0 bridgehead atoms. The highest BCUT2D eigenvalue weighted by Gasteiger charge is 2.17. The molecule has 0 unspecified atom stereocenters. The Morgan fingerprint density at radius 1 is 1.16 bits per heavy atom. The lowest BCUT2D eigenvalue weighted by Crippen LogP contribution is -2.36. The van der Waals surface area contributed by atoms with E-state index in [2.05, 4.69) is 5.32 Å². The number of rotatable bonds is 5. The van der Waals surface area contributed by atoms with E-state index in [1.165, 1.54) is 30.1 Å². The quantitative estimate of drug-likeness (QED) is 0.881. The van der Waals surface area contributed by atoms with Crippen LogP contribution in [0.2, 0.25) is 5.02 Å². The standard InChI is InChI=1S/C19H20ClFN2O2/c1-12-6-4-9-17(13(12)2)22-18(24)11-23(3)19(25)10-14-15(20)7-5-8-16(14)21/h4-9H,10-11H2,1-3H3,(H,22,24). The molecule has 0 aliphatic heterocycles. The van der Waals surface area contributed by atoms with Gasteiger partial charge >= 0.3 is 0 Å². The Bertz CT molecular complexity index is 788. The summed E-state index contributed by atoms with van der Waals surface area (Å²) in [6, 6.07) is 9.88. The Kier molecular flexibility index (Phi) is 6.15. The first-order valence-electron chi connectivity index (χ1n) is 7.82. The van der Waals surface area contributed by atoms with E-state index < -0.39 is 5.82 Å². The van der Waals surface area contributed by atoms with Crippen molar-refractivity contribution in [2.75, 3.05) is 18.9 Å². The molecule has 0 heterocycles. The molecule has 25 heavy (non-hydrogen) atoms. The van der Waals surface area contributed by atoms with Gasteiger partial charge in [-0.15, -0.1) is 0 Å². The fourth-order valence-corrected chi connectivity index (χ4v) is 2.60. The maximum atomic E-state index is 13.8. The van der Waals surface area contributed by atoms with Crippen LogP contribution in [0.15, 0.2) is 36.4 Å². The Morgan fingerprint density at radius 3 is 2.52 bits per heavy atom. The minimum absolute atomic E-state index is 0.127. The molecule has 0 aliphatic carbocycles. The zero-order chi connectivity index (χ0) is 18.6. The molecule has 0 spiro atoms. The zero-order valence-corrected chi connectivity index (χ0v) is 15.2. The second-order valence-electron chi connectivity index (χ2n) is 5.92. The molecule has 0 saturated carbocycles. The van der Waals surface area contributed by atoms with Crippen LogP contribution in [0.4, 0.5) is 10.1 Å². The Labute approximate surface area is 151 Å². The Balaban J connectivity index is 1.99. The Morgan fingerprint density at radius 2 is 1.84 bits per heavy atom. The summed E-state index contributed by atoms with van der Waals surface area (Å²) in [5.41, 5.74) is 2.89. The number of carbonyl (C=O) groups is 2. The molecule has 132 valence electrons. The van der Waals surface area contributed by atoms with Crippen LogP contribution >= 0.6 is 11.6 Å². The van der Waals surface area contributed by atoms with Gasteiger partial charge in [0.1, 0.15) is 5.82 Å². The summed E-state index contributed by atoms with van der Waals surface area (Å²) in [4.78, 5) is 25.7. The SMILES string of the molecule is Cc1cccc(NC(=O)CN(C)C(=O)Cc2c(F)cccc2Cl)c1C. The van der Waals surface area contributed by atoms with Crippen molar-refractivity contribution < 1.29 is 14.0 Å². The average Bonchev–Trinajstić information content (AvgIpc) is 2.55. The summed E-state index contributed by atoms with van der Waals surface area (Å²) in [5.74, 6) is -1.23. The number of carbonyl (C=O) groups excluding carboxylic acids is 2. The lowest BCUT2D eigenvalue weighted by atomic mass is 10.1. The predicted octanol–water partition coefficient (Wildman–Crippen LogP) is 3.74. The van der Waals surface area contributed by atoms with Crippen LogP contribution in [0.3, 0.4) is 0 Å². The number of aryl methyl sites for hydroxylation is 1. The number of benzene rings is 2. The van der Waals surface area contributed by atoms with Gasteiger partial charge in [-0.2, -0.15) is 0 Å². The fraction of sp³-hybridized carbons (Fsp3) is 0.263. The molecular formula is C19H20ClFN2O2. The number of nitrogens with one attached hydrogen (secondary N) is 1. The van der Waals surface area contributed by atoms with E-state index in [1.54, 1.807) is 6.07 Å². The average molecular weight is 363 g/mol. The van der Waals surface area contributed by atoms with E-state index in [0.29, 0.717) is 5.69 Å². The number of hydrogen-bond donors (Lipinski definition) is 1. The first-order chi connectivity index (χ1) is 11.8. The molecule has 2 aromatic carbocycles. The van der Waals surface area contributed by atoms with E-state index in [4.69, 9.17) is 11.6 Å². The van der Waals surface area contributed by atoms with Crippen LogP contribution in [0, 0.1) is 19.7 Å². The summed E-state index contributed by atoms with van der Waals surface area (Å²) in [7, 11) is 1.50. The van der Waals surface area contributed by atoms with E-state index in [-0.39, 0.29) is 35.4 Å². The predicted molar refractivity (Wildman–Crippen MR) is 97.3 cm³/mol. The summed E-state index contributed by atoms with van der Waals surface area (Å²) in [6.45, 7) is 3.75. The topological polar surface area (TPSA) is 49.4 Å². The second kappa shape index (κ2) is 8.12. The largest absolute Gasteiger partial charge is 0.336 e. The highest BCUT2D eigenvalue weighted by molar-refractivity contribution is 6.31. The van der Waals surface area contributed by atoms with Gasteiger partial charge in [0.2, 0.25) is 11.8 Å². The van der Waals surface area contributed by atoms with Crippen molar-refractivity contribution in [3.8, 4) is 0 Å². The van der Waals surface area contributed by atoms with Crippen LogP contribution in [0.25, 0.3) is 0 Å². The third-order valence-electron chi connectivity index (χ3n) is 4.07. The van der Waals surface area contributed by atoms with Gasteiger partial charge in [0, 0.05) is 23.3 Å². The van der Waals surface area contributed by atoms with Crippen molar-refractivity contribution in [2.24, 2.45) is 0 Å². The van der Waals surface area contributed by atoms with Crippen LogP contribution in [0.5, 0.6) is 0 Å². The highest BCUT2D eigenvalue weighted by Crippen LogP contribution is 2.20. The maximum Gasteiger partial charge on any atom is 0.243 e. The number of nitrogens with zero attached hydrogens (tertiary/aromatic N) is 1. The third kappa shape index (κ3) is 4.79. The normalized spacial score (nSPS) is 10.4. The molecular weight excluding hydrogens is 343 g/mol. The molecule has 0 atom stereocenters. The molecule has 0 saturated heterocycles. The van der Waals surface area contributed by atoms with Gasteiger partial charge < -0.3 is 10.2 Å². The van der Waals surface area contributed by atoms with Crippen LogP contribution in [0.1, 0.15) is 16.7 Å². The lowest BCUT2D eigenvalue weighted by Gasteiger charge is -2.18. The third-order valence-corrected chi connectivity index (χ3v) is 4.43. The van der Waals surface area contributed by atoms with Gasteiger partial charge in [0.05, 0.1) is 13.0 Å². The van der Waals surface area contributed by atoms with Crippen LogP contribution in [-0.4, -0.2) is 30.3 Å². The van der Waals surface area contributed by atoms with Gasteiger partial charge in [0.25, 0.3) is 0 Å². The Hall–Kier alpha value is -2.40. The first kappa shape index (κ1) is 18.9. The number of likely N-dealkylation sites (N-methyl/N-ethyl adjacent to an activating group) is 1. The minimum Gasteiger partial charge on any atom is -0.336 e. The molecule has 0 fully saturated rings. The van der Waals surface area contributed by atoms with Crippen LogP contribution in [-0.2, 0) is 16.0 Å². The molecule has 6 heteroatoms. The number of hydrogen-bond acceptors (Lipinski definition) is 2. The summed E-state index contributed by atoms with van der Waals surface area (Å²) in [5, 5.41) is 2.99. The lowest BCUT2D eigenvalue weighted by molar-refractivity contribution is -0.132. The molecule has 1 N–H and O–H groups in total. The van der Waals surface area contributed by atoms with Crippen molar-refractivity contribution >= 4 is 29.1 Å². The van der Waals surface area contributed by atoms with Gasteiger partial charge in [-0.1, -0.05) is 29.8 Å². The molecule has 4 nitrogen and oxygen atoms in total. The number of halogens is 2. The van der Waals surface area contributed by atoms with E-state index in [9.17, 15) is 14.0 Å². The van der Waals surface area contributed by atoms with E-state index in [1.807, 2.05) is 26.0 Å². The van der Waals surface area contributed by atoms with Crippen molar-refractivity contribution in [1.29, 1.82) is 0 Å². The van der Waals surface area contributed by atoms with Crippen molar-refractivity contribution in [3.05, 3.63) is 63.9 Å². The number of amides is 2. The minimum atomic E-state index is -0.533. The zero-order valence-electron chi connectivity index (χ0n) is 14.4. The highest BCUT2D eigenvalue weighted by atomic mass is 35.5. The van der Waals surface area contributed by atoms with Gasteiger partial charge in [-0.3, -0.25) is 9.59 Å². The van der Waals surface area contributed by atoms with Crippen LogP contribution < -0.4 is 5.32 Å². The number of anilines is 1. The smallest absolute Gasteiger partial charge is 0.243 e. The summed E-state index contributed by atoms with van der Waals surface area (Å²) >= 11 is 5.93. The summed E-state index contributed by atoms with van der Waals surface area (Å²) < 4.78 is 13.8. The molecule has 2 aromatic rings. The van der Waals surface area contributed by atoms with Gasteiger partial charge in [-0.05, 0) is 43.2 Å². The van der Waals surface area contributed by atoms with E-state index >= 15 is 0 Å². The monoisotopic (exact) mass is 362 g/mol. The molecule has 0 aliphatic rings. The molecule has 2 rings (SSSR count). The fourth-order valence-electron chi connectivity index (χ4n) is 2.37. The molecule has 0 aromatic heterocycles. The maximum absolute atomic E-state index is 13.8. The second-order valence-corrected chi connectivity index (χ2v) is 6.33. The van der Waals surface area contributed by atoms with E-state index in [0.717, 1.165) is 11.1 Å².